The van der Waals surface area contributed by atoms with Crippen LogP contribution in [0.4, 0.5) is 4.39 Å². The fraction of sp³-hybridized carbons (Fsp3) is 0.441. The molecule has 0 unspecified atom stereocenters. The van der Waals surface area contributed by atoms with Crippen LogP contribution in [0.15, 0.2) is 24.3 Å². The minimum absolute atomic E-state index is 0.151. The lowest BCUT2D eigenvalue weighted by Crippen LogP contribution is -2.46. The second-order valence-corrected chi connectivity index (χ2v) is 12.4. The lowest BCUT2D eigenvalue weighted by atomic mass is 9.94. The average molecular weight is 628 g/mol. The van der Waals surface area contributed by atoms with Gasteiger partial charge in [-0.15, -0.1) is 5.10 Å². The zero-order valence-electron chi connectivity index (χ0n) is 25.9. The van der Waals surface area contributed by atoms with Crippen LogP contribution >= 0.6 is 11.6 Å². The molecule has 0 aliphatic carbocycles. The lowest BCUT2D eigenvalue weighted by Gasteiger charge is -2.37. The van der Waals surface area contributed by atoms with E-state index in [1.165, 1.54) is 0 Å². The highest BCUT2D eigenvalue weighted by Crippen LogP contribution is 2.41. The molecule has 6 rings (SSSR count). The van der Waals surface area contributed by atoms with E-state index in [2.05, 4.69) is 40.2 Å². The van der Waals surface area contributed by atoms with Crippen molar-refractivity contribution in [2.24, 2.45) is 0 Å². The predicted octanol–water partition coefficient (Wildman–Crippen LogP) is 6.00. The molecule has 11 heteroatoms. The summed E-state index contributed by atoms with van der Waals surface area (Å²) in [6, 6.07) is 9.40. The number of halogens is 2. The van der Waals surface area contributed by atoms with E-state index in [4.69, 9.17) is 21.3 Å². The smallest absolute Gasteiger partial charge is 0.298 e. The van der Waals surface area contributed by atoms with Crippen LogP contribution in [0.3, 0.4) is 0 Å². The Morgan fingerprint density at radius 2 is 2.00 bits per heavy atom. The number of piperidine rings is 1. The first-order valence-electron chi connectivity index (χ1n) is 15.3. The molecular formula is C34H35ClFN7O2. The van der Waals surface area contributed by atoms with Gasteiger partial charge in [-0.1, -0.05) is 40.9 Å². The summed E-state index contributed by atoms with van der Waals surface area (Å²) in [5.41, 5.74) is 3.77. The summed E-state index contributed by atoms with van der Waals surface area (Å²) in [6.45, 7) is 7.17. The molecule has 2 aliphatic heterocycles. The first kappa shape index (κ1) is 30.8. The maximum absolute atomic E-state index is 16.8. The zero-order valence-corrected chi connectivity index (χ0v) is 26.7. The van der Waals surface area contributed by atoms with Gasteiger partial charge in [-0.05, 0) is 83.2 Å². The number of carbonyl (C=O) groups excluding carboxylic acids is 1. The highest BCUT2D eigenvalue weighted by Gasteiger charge is 2.34. The Balaban J connectivity index is 1.51. The number of pyridine rings is 1. The molecule has 45 heavy (non-hydrogen) atoms. The Bertz CT molecular complexity index is 1910. The second-order valence-electron chi connectivity index (χ2n) is 12.0. The molecule has 4 aromatic rings. The number of aryl methyl sites for hydroxylation is 2. The Kier molecular flexibility index (Phi) is 8.63. The number of likely N-dealkylation sites (tertiary alicyclic amines) is 2. The van der Waals surface area contributed by atoms with Gasteiger partial charge in [-0.25, -0.2) is 14.1 Å². The Hall–Kier alpha value is -4.25. The molecule has 0 bridgehead atoms. The standard InChI is InChI=1S/C34H35ClFN7O2/c1-5-8-27(44)42-16-13-23(18-22(42)12-14-37)43-33-26-17-21(3)28(25-11-6-9-20(2)29(25)35)30(36)31(26)38-34(32(33)39-40-43)45-19-24-10-7-15-41(24)4/h6,9,11,17,22-24H,7,10,12-13,15-16,18-19H2,1-4H3/t22-,23+,24+/m1/s1. The maximum Gasteiger partial charge on any atom is 0.298 e. The summed E-state index contributed by atoms with van der Waals surface area (Å²) in [7, 11) is 2.07. The van der Waals surface area contributed by atoms with Gasteiger partial charge < -0.3 is 14.5 Å². The first-order valence-corrected chi connectivity index (χ1v) is 15.7. The van der Waals surface area contributed by atoms with Crippen LogP contribution in [0, 0.1) is 42.8 Å². The summed E-state index contributed by atoms with van der Waals surface area (Å²) >= 11 is 6.69. The van der Waals surface area contributed by atoms with E-state index < -0.39 is 5.82 Å². The Morgan fingerprint density at radius 3 is 2.73 bits per heavy atom. The molecule has 0 N–H and O–H groups in total. The molecule has 0 radical (unpaired) electrons. The quantitative estimate of drug-likeness (QED) is 0.242. The van der Waals surface area contributed by atoms with Gasteiger partial charge in [0, 0.05) is 35.1 Å². The molecule has 0 spiro atoms. The molecular weight excluding hydrogens is 593 g/mol. The summed E-state index contributed by atoms with van der Waals surface area (Å²) in [4.78, 5) is 21.4. The van der Waals surface area contributed by atoms with E-state index in [1.54, 1.807) is 11.8 Å². The highest BCUT2D eigenvalue weighted by atomic mass is 35.5. The van der Waals surface area contributed by atoms with Crippen molar-refractivity contribution in [3.8, 4) is 34.9 Å². The van der Waals surface area contributed by atoms with Crippen LogP contribution in [0.1, 0.15) is 56.2 Å². The summed E-state index contributed by atoms with van der Waals surface area (Å²) in [6.07, 6.45) is 3.31. The topological polar surface area (TPSA) is 100 Å². The van der Waals surface area contributed by atoms with Crippen molar-refractivity contribution in [2.45, 2.75) is 71.0 Å². The first-order chi connectivity index (χ1) is 21.7. The van der Waals surface area contributed by atoms with Crippen molar-refractivity contribution in [3.63, 3.8) is 0 Å². The van der Waals surface area contributed by atoms with Crippen LogP contribution in [-0.4, -0.2) is 74.5 Å². The van der Waals surface area contributed by atoms with E-state index in [0.29, 0.717) is 64.1 Å². The fourth-order valence-electron chi connectivity index (χ4n) is 6.79. The molecule has 9 nitrogen and oxygen atoms in total. The van der Waals surface area contributed by atoms with Gasteiger partial charge in [0.25, 0.3) is 5.91 Å². The van der Waals surface area contributed by atoms with Gasteiger partial charge in [0.15, 0.2) is 11.3 Å². The number of rotatable bonds is 6. The molecule has 2 aromatic carbocycles. The number of nitriles is 1. The molecule has 2 fully saturated rings. The van der Waals surface area contributed by atoms with Crippen LogP contribution in [0.2, 0.25) is 5.02 Å². The van der Waals surface area contributed by atoms with Crippen molar-refractivity contribution >= 4 is 39.4 Å². The molecule has 1 amide bonds. The highest BCUT2D eigenvalue weighted by molar-refractivity contribution is 6.34. The third-order valence-electron chi connectivity index (χ3n) is 9.20. The minimum atomic E-state index is -0.490. The number of likely N-dealkylation sites (N-methyl/N-ethyl adjacent to an activating group) is 1. The number of aromatic nitrogens is 4. The SMILES string of the molecule is CC#CC(=O)N1CC[C@H](n2nnc3c(OC[C@@H]4CCCN4C)nc4c(F)c(-c5cccc(C)c5Cl)c(C)cc4c32)C[C@H]1CC#N. The van der Waals surface area contributed by atoms with E-state index in [-0.39, 0.29) is 41.9 Å². The number of fused-ring (bicyclic) bond motifs is 3. The van der Waals surface area contributed by atoms with Crippen molar-refractivity contribution < 1.29 is 13.9 Å². The fourth-order valence-corrected chi connectivity index (χ4v) is 7.01. The maximum atomic E-state index is 16.8. The Morgan fingerprint density at radius 1 is 1.18 bits per heavy atom. The Labute approximate surface area is 266 Å². The number of amides is 1. The summed E-state index contributed by atoms with van der Waals surface area (Å²) in [5, 5.41) is 19.7. The lowest BCUT2D eigenvalue weighted by molar-refractivity contribution is -0.129. The third-order valence-corrected chi connectivity index (χ3v) is 9.70. The van der Waals surface area contributed by atoms with Gasteiger partial charge in [-0.2, -0.15) is 5.26 Å². The molecule has 232 valence electrons. The second kappa shape index (κ2) is 12.6. The number of carbonyl (C=O) groups is 1. The van der Waals surface area contributed by atoms with Crippen LogP contribution < -0.4 is 4.74 Å². The van der Waals surface area contributed by atoms with Gasteiger partial charge in [-0.3, -0.25) is 4.79 Å². The average Bonchev–Trinajstić information content (AvgIpc) is 3.65. The number of hydrogen-bond acceptors (Lipinski definition) is 7. The van der Waals surface area contributed by atoms with Gasteiger partial charge in [0.1, 0.15) is 17.6 Å². The van der Waals surface area contributed by atoms with E-state index >= 15 is 4.39 Å². The third kappa shape index (κ3) is 5.58. The molecule has 2 aliphatic rings. The minimum Gasteiger partial charge on any atom is -0.474 e. The zero-order chi connectivity index (χ0) is 31.8. The van der Waals surface area contributed by atoms with Crippen molar-refractivity contribution in [2.75, 3.05) is 26.7 Å². The predicted molar refractivity (Wildman–Crippen MR) is 171 cm³/mol. The van der Waals surface area contributed by atoms with Crippen molar-refractivity contribution in [1.82, 2.24) is 29.8 Å². The van der Waals surface area contributed by atoms with E-state index in [9.17, 15) is 10.1 Å². The molecule has 3 atom stereocenters. The largest absolute Gasteiger partial charge is 0.474 e. The van der Waals surface area contributed by atoms with Crippen molar-refractivity contribution in [3.05, 3.63) is 46.2 Å². The number of nitrogens with zero attached hydrogens (tertiary/aromatic N) is 7. The van der Waals surface area contributed by atoms with Gasteiger partial charge in [0.2, 0.25) is 5.88 Å². The van der Waals surface area contributed by atoms with E-state index in [0.717, 1.165) is 24.9 Å². The van der Waals surface area contributed by atoms with E-state index in [1.807, 2.05) is 42.8 Å². The van der Waals surface area contributed by atoms with Gasteiger partial charge >= 0.3 is 0 Å². The van der Waals surface area contributed by atoms with Crippen LogP contribution in [-0.2, 0) is 4.79 Å². The van der Waals surface area contributed by atoms with Crippen LogP contribution in [0.5, 0.6) is 5.88 Å². The number of hydrogen-bond donors (Lipinski definition) is 0. The summed E-state index contributed by atoms with van der Waals surface area (Å²) < 4.78 is 24.9. The normalized spacial score (nSPS) is 20.3. The molecule has 0 saturated carbocycles. The van der Waals surface area contributed by atoms with Crippen molar-refractivity contribution in [1.29, 1.82) is 5.26 Å². The number of benzene rings is 2. The summed E-state index contributed by atoms with van der Waals surface area (Å²) in [5.74, 6) is 4.72. The van der Waals surface area contributed by atoms with Crippen LogP contribution in [0.25, 0.3) is 33.1 Å². The molecule has 2 saturated heterocycles. The molecule has 2 aromatic heterocycles. The number of ether oxygens (including phenoxy) is 1. The monoisotopic (exact) mass is 627 g/mol. The molecule has 4 heterocycles. The van der Waals surface area contributed by atoms with Gasteiger partial charge in [0.05, 0.1) is 23.6 Å².